The molecule has 1 amide bonds. The van der Waals surface area contributed by atoms with E-state index in [1.807, 2.05) is 0 Å². The molecule has 19 heavy (non-hydrogen) atoms. The molecule has 2 saturated heterocycles. The molecule has 6 heteroatoms. The van der Waals surface area contributed by atoms with E-state index in [4.69, 9.17) is 14.6 Å². The monoisotopic (exact) mass is 271 g/mol. The van der Waals surface area contributed by atoms with Crippen LogP contribution in [0.4, 0.5) is 0 Å². The van der Waals surface area contributed by atoms with Crippen LogP contribution < -0.4 is 0 Å². The minimum atomic E-state index is -0.789. The number of carbonyl (C=O) groups is 2. The quantitative estimate of drug-likeness (QED) is 0.767. The molecule has 0 radical (unpaired) electrons. The summed E-state index contributed by atoms with van der Waals surface area (Å²) in [6.07, 6.45) is 3.60. The summed E-state index contributed by atoms with van der Waals surface area (Å²) in [6.45, 7) is 2.08. The molecule has 0 aromatic rings. The number of carbonyl (C=O) groups excluding carboxylic acids is 1. The average molecular weight is 271 g/mol. The lowest BCUT2D eigenvalue weighted by molar-refractivity contribution is -0.151. The number of morpholine rings is 1. The summed E-state index contributed by atoms with van der Waals surface area (Å²) in [6, 6.07) is 0. The van der Waals surface area contributed by atoms with Gasteiger partial charge in [-0.3, -0.25) is 9.59 Å². The van der Waals surface area contributed by atoms with Crippen LogP contribution >= 0.6 is 0 Å². The maximum atomic E-state index is 11.8. The van der Waals surface area contributed by atoms with Gasteiger partial charge in [0.1, 0.15) is 6.61 Å². The van der Waals surface area contributed by atoms with Crippen molar-refractivity contribution in [3.8, 4) is 0 Å². The van der Waals surface area contributed by atoms with Gasteiger partial charge in [-0.2, -0.15) is 0 Å². The highest BCUT2D eigenvalue weighted by molar-refractivity contribution is 5.78. The summed E-state index contributed by atoms with van der Waals surface area (Å²) in [5.41, 5.74) is 0. The van der Waals surface area contributed by atoms with Crippen molar-refractivity contribution in [1.29, 1.82) is 0 Å². The zero-order valence-electron chi connectivity index (χ0n) is 11.0. The van der Waals surface area contributed by atoms with Crippen molar-refractivity contribution < 1.29 is 24.2 Å². The third kappa shape index (κ3) is 4.47. The second-order valence-corrected chi connectivity index (χ2v) is 5.15. The summed E-state index contributed by atoms with van der Waals surface area (Å²) in [7, 11) is 0. The van der Waals surface area contributed by atoms with Crippen molar-refractivity contribution >= 4 is 11.9 Å². The Kier molecular flexibility index (Phi) is 5.15. The van der Waals surface area contributed by atoms with Crippen LogP contribution in [-0.2, 0) is 19.1 Å². The standard InChI is InChI=1S/C13H21NO5/c15-12-9-19-11(3-1-5-13(16)17)8-14(12)7-10-4-2-6-18-10/h10-11H,1-9H2,(H,16,17). The fourth-order valence-electron chi connectivity index (χ4n) is 2.55. The fraction of sp³-hybridized carbons (Fsp3) is 0.846. The molecule has 2 rings (SSSR count). The van der Waals surface area contributed by atoms with Gasteiger partial charge in [0.25, 0.3) is 0 Å². The topological polar surface area (TPSA) is 76.1 Å². The number of aliphatic carboxylic acids is 1. The first-order valence-corrected chi connectivity index (χ1v) is 6.88. The van der Waals surface area contributed by atoms with Crippen molar-refractivity contribution in [2.45, 2.75) is 44.3 Å². The SMILES string of the molecule is O=C(O)CCCC1CN(CC2CCCO2)C(=O)CO1. The average Bonchev–Trinajstić information content (AvgIpc) is 2.85. The van der Waals surface area contributed by atoms with Crippen LogP contribution in [0.1, 0.15) is 32.1 Å². The third-order valence-electron chi connectivity index (χ3n) is 3.58. The van der Waals surface area contributed by atoms with E-state index < -0.39 is 5.97 Å². The molecule has 2 aliphatic rings. The molecule has 0 saturated carbocycles. The van der Waals surface area contributed by atoms with Crippen LogP contribution in [0.25, 0.3) is 0 Å². The van der Waals surface area contributed by atoms with E-state index in [9.17, 15) is 9.59 Å². The van der Waals surface area contributed by atoms with Gasteiger partial charge in [0.15, 0.2) is 0 Å². The minimum Gasteiger partial charge on any atom is -0.481 e. The maximum Gasteiger partial charge on any atom is 0.303 e. The molecule has 0 spiro atoms. The molecule has 2 aliphatic heterocycles. The number of hydrogen-bond acceptors (Lipinski definition) is 4. The van der Waals surface area contributed by atoms with Crippen molar-refractivity contribution in [3.05, 3.63) is 0 Å². The molecule has 2 unspecified atom stereocenters. The second kappa shape index (κ2) is 6.86. The summed E-state index contributed by atoms with van der Waals surface area (Å²) >= 11 is 0. The highest BCUT2D eigenvalue weighted by Crippen LogP contribution is 2.17. The Labute approximate surface area is 112 Å². The highest BCUT2D eigenvalue weighted by atomic mass is 16.5. The first kappa shape index (κ1) is 14.3. The van der Waals surface area contributed by atoms with Gasteiger partial charge in [-0.25, -0.2) is 0 Å². The normalized spacial score (nSPS) is 27.8. The molecule has 2 atom stereocenters. The van der Waals surface area contributed by atoms with Gasteiger partial charge in [0.05, 0.1) is 12.2 Å². The van der Waals surface area contributed by atoms with E-state index in [0.717, 1.165) is 19.4 Å². The molecule has 2 fully saturated rings. The van der Waals surface area contributed by atoms with E-state index in [1.165, 1.54) is 0 Å². The molecule has 0 aromatic carbocycles. The van der Waals surface area contributed by atoms with E-state index in [2.05, 4.69) is 0 Å². The number of amides is 1. The number of ether oxygens (including phenoxy) is 2. The van der Waals surface area contributed by atoms with Crippen LogP contribution in [0.2, 0.25) is 0 Å². The predicted octanol–water partition coefficient (Wildman–Crippen LogP) is 0.648. The van der Waals surface area contributed by atoms with Crippen molar-refractivity contribution in [3.63, 3.8) is 0 Å². The Morgan fingerprint density at radius 1 is 1.37 bits per heavy atom. The number of nitrogens with zero attached hydrogens (tertiary/aromatic N) is 1. The predicted molar refractivity (Wildman–Crippen MR) is 66.8 cm³/mol. The van der Waals surface area contributed by atoms with Crippen LogP contribution in [0.5, 0.6) is 0 Å². The molecule has 0 aliphatic carbocycles. The van der Waals surface area contributed by atoms with Gasteiger partial charge >= 0.3 is 5.97 Å². The molecule has 108 valence electrons. The van der Waals surface area contributed by atoms with Crippen LogP contribution in [0.15, 0.2) is 0 Å². The van der Waals surface area contributed by atoms with Gasteiger partial charge in [-0.1, -0.05) is 0 Å². The van der Waals surface area contributed by atoms with E-state index in [0.29, 0.717) is 25.9 Å². The Balaban J connectivity index is 1.74. The Bertz CT molecular complexity index is 327. The molecule has 0 aromatic heterocycles. The minimum absolute atomic E-state index is 0.00462. The van der Waals surface area contributed by atoms with Crippen LogP contribution in [-0.4, -0.2) is 60.4 Å². The second-order valence-electron chi connectivity index (χ2n) is 5.15. The largest absolute Gasteiger partial charge is 0.481 e. The van der Waals surface area contributed by atoms with Gasteiger partial charge in [-0.05, 0) is 25.7 Å². The van der Waals surface area contributed by atoms with Gasteiger partial charge in [-0.15, -0.1) is 0 Å². The Morgan fingerprint density at radius 3 is 2.89 bits per heavy atom. The Morgan fingerprint density at radius 2 is 2.21 bits per heavy atom. The summed E-state index contributed by atoms with van der Waals surface area (Å²) in [4.78, 5) is 24.0. The fourth-order valence-corrected chi connectivity index (χ4v) is 2.55. The van der Waals surface area contributed by atoms with Crippen LogP contribution in [0, 0.1) is 0 Å². The summed E-state index contributed by atoms with van der Waals surface area (Å²) < 4.78 is 11.0. The molecule has 1 N–H and O–H groups in total. The number of hydrogen-bond donors (Lipinski definition) is 1. The molecule has 0 bridgehead atoms. The van der Waals surface area contributed by atoms with Crippen LogP contribution in [0.3, 0.4) is 0 Å². The molecular formula is C13H21NO5. The summed E-state index contributed by atoms with van der Waals surface area (Å²) in [5, 5.41) is 8.60. The van der Waals surface area contributed by atoms with Gasteiger partial charge < -0.3 is 19.5 Å². The number of carboxylic acid groups (broad SMARTS) is 1. The van der Waals surface area contributed by atoms with Gasteiger partial charge in [0, 0.05) is 26.1 Å². The van der Waals surface area contributed by atoms with Crippen molar-refractivity contribution in [2.24, 2.45) is 0 Å². The lowest BCUT2D eigenvalue weighted by Gasteiger charge is -2.34. The van der Waals surface area contributed by atoms with Crippen molar-refractivity contribution in [1.82, 2.24) is 4.90 Å². The molecule has 2 heterocycles. The first-order valence-electron chi connectivity index (χ1n) is 6.88. The molecule has 6 nitrogen and oxygen atoms in total. The summed E-state index contributed by atoms with van der Waals surface area (Å²) in [5.74, 6) is -0.784. The maximum absolute atomic E-state index is 11.8. The van der Waals surface area contributed by atoms with Crippen molar-refractivity contribution in [2.75, 3.05) is 26.3 Å². The lowest BCUT2D eigenvalue weighted by Crippen LogP contribution is -2.49. The number of carboxylic acids is 1. The zero-order valence-corrected chi connectivity index (χ0v) is 11.0. The van der Waals surface area contributed by atoms with Gasteiger partial charge in [0.2, 0.25) is 5.91 Å². The van der Waals surface area contributed by atoms with E-state index >= 15 is 0 Å². The molecular weight excluding hydrogens is 250 g/mol. The third-order valence-corrected chi connectivity index (χ3v) is 3.58. The van der Waals surface area contributed by atoms with E-state index in [1.54, 1.807) is 4.90 Å². The Hall–Kier alpha value is -1.14. The highest BCUT2D eigenvalue weighted by Gasteiger charge is 2.29. The number of rotatable bonds is 6. The zero-order chi connectivity index (χ0) is 13.7. The smallest absolute Gasteiger partial charge is 0.303 e. The van der Waals surface area contributed by atoms with E-state index in [-0.39, 0.29) is 31.1 Å². The lowest BCUT2D eigenvalue weighted by atomic mass is 10.1. The first-order chi connectivity index (χ1) is 9.15.